The lowest BCUT2D eigenvalue weighted by Gasteiger charge is -2.25. The molecule has 174 valence electrons. The number of aromatic nitrogens is 3. The molecule has 2 aromatic rings. The van der Waals surface area contributed by atoms with E-state index in [9.17, 15) is 9.59 Å². The SMILES string of the molecule is COc1cc(OC)nc(Oc2cccnc2C(=O)N[C@@H](CC(C)C)C(=O)OC(C)(C)C)n1. The molecule has 0 saturated carbocycles. The highest BCUT2D eigenvalue weighted by molar-refractivity contribution is 5.97. The van der Waals surface area contributed by atoms with Crippen LogP contribution >= 0.6 is 0 Å². The molecule has 1 N–H and O–H groups in total. The van der Waals surface area contributed by atoms with E-state index in [2.05, 4.69) is 20.3 Å². The standard InChI is InChI=1S/C22H30N4O6/c1-13(2)11-14(20(28)32-22(3,4)5)24-19(27)18-15(9-8-10-23-18)31-21-25-16(29-6)12-17(26-21)30-7/h8-10,12-14H,11H2,1-7H3,(H,24,27)/t14-/m0/s1. The molecule has 0 aliphatic carbocycles. The number of carbonyl (C=O) groups excluding carboxylic acids is 2. The summed E-state index contributed by atoms with van der Waals surface area (Å²) in [5.74, 6) is -0.407. The highest BCUT2D eigenvalue weighted by Crippen LogP contribution is 2.25. The summed E-state index contributed by atoms with van der Waals surface area (Å²) in [6, 6.07) is 3.70. The molecule has 0 radical (unpaired) electrons. The summed E-state index contributed by atoms with van der Waals surface area (Å²) >= 11 is 0. The first-order chi connectivity index (χ1) is 15.0. The van der Waals surface area contributed by atoms with Crippen LogP contribution in [-0.4, -0.2) is 52.7 Å². The molecule has 0 fully saturated rings. The summed E-state index contributed by atoms with van der Waals surface area (Å²) < 4.78 is 21.4. The second-order valence-electron chi connectivity index (χ2n) is 8.38. The molecule has 0 bridgehead atoms. The average Bonchev–Trinajstić information content (AvgIpc) is 2.71. The van der Waals surface area contributed by atoms with Gasteiger partial charge in [0.2, 0.25) is 11.8 Å². The molecule has 2 heterocycles. The normalized spacial score (nSPS) is 12.1. The molecule has 32 heavy (non-hydrogen) atoms. The zero-order valence-corrected chi connectivity index (χ0v) is 19.5. The number of pyridine rings is 1. The van der Waals surface area contributed by atoms with Crippen molar-refractivity contribution in [3.05, 3.63) is 30.1 Å². The lowest BCUT2D eigenvalue weighted by Crippen LogP contribution is -2.45. The lowest BCUT2D eigenvalue weighted by atomic mass is 10.0. The van der Waals surface area contributed by atoms with Crippen LogP contribution in [0.25, 0.3) is 0 Å². The van der Waals surface area contributed by atoms with Crippen LogP contribution in [-0.2, 0) is 9.53 Å². The van der Waals surface area contributed by atoms with Gasteiger partial charge in [0.15, 0.2) is 11.4 Å². The van der Waals surface area contributed by atoms with Crippen molar-refractivity contribution in [3.63, 3.8) is 0 Å². The second kappa shape index (κ2) is 10.7. The Morgan fingerprint density at radius 1 is 1.09 bits per heavy atom. The fraction of sp³-hybridized carbons (Fsp3) is 0.500. The molecule has 2 aromatic heterocycles. The molecule has 1 amide bonds. The number of hydrogen-bond donors (Lipinski definition) is 1. The number of methoxy groups -OCH3 is 2. The monoisotopic (exact) mass is 446 g/mol. The minimum absolute atomic E-state index is 0.0322. The van der Waals surface area contributed by atoms with E-state index in [0.717, 1.165) is 0 Å². The van der Waals surface area contributed by atoms with Gasteiger partial charge in [-0.15, -0.1) is 0 Å². The summed E-state index contributed by atoms with van der Waals surface area (Å²) in [4.78, 5) is 38.0. The Kier molecular flexibility index (Phi) is 8.34. The average molecular weight is 447 g/mol. The smallest absolute Gasteiger partial charge is 0.329 e. The summed E-state index contributed by atoms with van der Waals surface area (Å²) in [5.41, 5.74) is -0.714. The molecule has 1 atom stereocenters. The minimum Gasteiger partial charge on any atom is -0.481 e. The molecule has 0 saturated heterocycles. The number of nitrogens with one attached hydrogen (secondary N) is 1. The lowest BCUT2D eigenvalue weighted by molar-refractivity contribution is -0.157. The third kappa shape index (κ3) is 7.36. The van der Waals surface area contributed by atoms with Crippen LogP contribution in [0.2, 0.25) is 0 Å². The van der Waals surface area contributed by atoms with Gasteiger partial charge in [-0.05, 0) is 45.2 Å². The molecular formula is C22H30N4O6. The van der Waals surface area contributed by atoms with E-state index >= 15 is 0 Å². The van der Waals surface area contributed by atoms with Gasteiger partial charge in [0.1, 0.15) is 11.6 Å². The molecule has 10 nitrogen and oxygen atoms in total. The second-order valence-corrected chi connectivity index (χ2v) is 8.38. The fourth-order valence-electron chi connectivity index (χ4n) is 2.67. The van der Waals surface area contributed by atoms with E-state index in [4.69, 9.17) is 18.9 Å². The number of carbonyl (C=O) groups is 2. The zero-order valence-electron chi connectivity index (χ0n) is 19.5. The molecule has 10 heteroatoms. The number of esters is 1. The number of rotatable bonds is 9. The van der Waals surface area contributed by atoms with Crippen molar-refractivity contribution < 1.29 is 28.5 Å². The number of ether oxygens (including phenoxy) is 4. The summed E-state index contributed by atoms with van der Waals surface area (Å²) in [6.45, 7) is 9.21. The van der Waals surface area contributed by atoms with Gasteiger partial charge in [-0.3, -0.25) is 4.79 Å². The Bertz CT molecular complexity index is 920. The van der Waals surface area contributed by atoms with E-state index in [0.29, 0.717) is 6.42 Å². The Morgan fingerprint density at radius 2 is 1.72 bits per heavy atom. The number of hydrogen-bond acceptors (Lipinski definition) is 9. The van der Waals surface area contributed by atoms with Gasteiger partial charge in [0, 0.05) is 6.20 Å². The van der Waals surface area contributed by atoms with E-state index in [1.54, 1.807) is 32.9 Å². The van der Waals surface area contributed by atoms with Crippen molar-refractivity contribution >= 4 is 11.9 Å². The first-order valence-electron chi connectivity index (χ1n) is 10.2. The molecule has 2 rings (SSSR count). The Labute approximate surface area is 187 Å². The van der Waals surface area contributed by atoms with Gasteiger partial charge in [-0.25, -0.2) is 9.78 Å². The fourth-order valence-corrected chi connectivity index (χ4v) is 2.67. The van der Waals surface area contributed by atoms with Crippen molar-refractivity contribution in [2.75, 3.05) is 14.2 Å². The van der Waals surface area contributed by atoms with E-state index < -0.39 is 23.5 Å². The molecule has 0 unspecified atom stereocenters. The van der Waals surface area contributed by atoms with Crippen molar-refractivity contribution in [1.29, 1.82) is 0 Å². The van der Waals surface area contributed by atoms with Crippen LogP contribution in [0.15, 0.2) is 24.4 Å². The van der Waals surface area contributed by atoms with Crippen molar-refractivity contribution in [2.45, 2.75) is 52.7 Å². The summed E-state index contributed by atoms with van der Waals surface area (Å²) in [7, 11) is 2.89. The van der Waals surface area contributed by atoms with Gasteiger partial charge in [0.25, 0.3) is 5.91 Å². The third-order valence-corrected chi connectivity index (χ3v) is 3.97. The van der Waals surface area contributed by atoms with E-state index in [1.807, 2.05) is 13.8 Å². The molecule has 0 aromatic carbocycles. The number of amides is 1. The molecule has 0 aliphatic heterocycles. The Balaban J connectivity index is 2.28. The van der Waals surface area contributed by atoms with Gasteiger partial charge in [-0.1, -0.05) is 13.8 Å². The summed E-state index contributed by atoms with van der Waals surface area (Å²) in [6.07, 6.45) is 1.85. The van der Waals surface area contributed by atoms with Crippen molar-refractivity contribution in [3.8, 4) is 23.5 Å². The highest BCUT2D eigenvalue weighted by Gasteiger charge is 2.29. The van der Waals surface area contributed by atoms with E-state index in [1.165, 1.54) is 26.5 Å². The molecule has 0 aliphatic rings. The Morgan fingerprint density at radius 3 is 2.25 bits per heavy atom. The van der Waals surface area contributed by atoms with Crippen molar-refractivity contribution in [1.82, 2.24) is 20.3 Å². The molecular weight excluding hydrogens is 416 g/mol. The van der Waals surface area contributed by atoms with Gasteiger partial charge < -0.3 is 24.3 Å². The topological polar surface area (TPSA) is 122 Å². The number of nitrogens with zero attached hydrogens (tertiary/aromatic N) is 3. The van der Waals surface area contributed by atoms with Crippen LogP contribution in [0.1, 0.15) is 51.5 Å². The predicted octanol–water partition coefficient (Wildman–Crippen LogP) is 3.17. The maximum atomic E-state index is 13.0. The van der Waals surface area contributed by atoms with Gasteiger partial charge in [-0.2, -0.15) is 9.97 Å². The van der Waals surface area contributed by atoms with Gasteiger partial charge in [0.05, 0.1) is 20.3 Å². The van der Waals surface area contributed by atoms with Gasteiger partial charge >= 0.3 is 12.0 Å². The highest BCUT2D eigenvalue weighted by atomic mass is 16.6. The zero-order chi connectivity index (χ0) is 23.9. The van der Waals surface area contributed by atoms with Crippen molar-refractivity contribution in [2.24, 2.45) is 5.92 Å². The van der Waals surface area contributed by atoms with Crippen LogP contribution in [0.4, 0.5) is 0 Å². The first-order valence-corrected chi connectivity index (χ1v) is 10.2. The Hall–Kier alpha value is -3.43. The molecule has 0 spiro atoms. The third-order valence-electron chi connectivity index (χ3n) is 3.97. The first kappa shape index (κ1) is 24.8. The van der Waals surface area contributed by atoms with E-state index in [-0.39, 0.29) is 35.1 Å². The maximum Gasteiger partial charge on any atom is 0.329 e. The largest absolute Gasteiger partial charge is 0.481 e. The van der Waals surface area contributed by atoms with Crippen LogP contribution in [0.3, 0.4) is 0 Å². The minimum atomic E-state index is -0.843. The quantitative estimate of drug-likeness (QED) is 0.579. The van der Waals surface area contributed by atoms with Crippen LogP contribution in [0, 0.1) is 5.92 Å². The van der Waals surface area contributed by atoms with Crippen LogP contribution in [0.5, 0.6) is 23.5 Å². The predicted molar refractivity (Wildman–Crippen MR) is 116 cm³/mol. The maximum absolute atomic E-state index is 13.0. The van der Waals surface area contributed by atoms with Crippen LogP contribution < -0.4 is 19.5 Å². The summed E-state index contributed by atoms with van der Waals surface area (Å²) in [5, 5.41) is 2.71.